The van der Waals surface area contributed by atoms with Crippen molar-refractivity contribution < 1.29 is 23.8 Å². The Hall–Kier alpha value is -4.38. The topological polar surface area (TPSA) is 110 Å². The van der Waals surface area contributed by atoms with Gasteiger partial charge in [-0.05, 0) is 49.1 Å². The number of halogens is 2. The van der Waals surface area contributed by atoms with Crippen molar-refractivity contribution in [2.75, 3.05) is 37.6 Å². The standard InChI is InChI=1S/C29H27ClFN5O5/c1-34(2)25-6-4-16(12-32-25)35-13-19(29(38)39)27(37)18-10-20(30)24(11-23(18)35)36-17(8-15-9-22(15)36)14-41-28-21(31)5-7-26(33-28)40-3/h4-7,10-13,15,17,22H,8-9,14H2,1-3H3,(H,38,39)/t15-,17+,22+/m0/s1. The van der Waals surface area contributed by atoms with Crippen LogP contribution in [0.25, 0.3) is 16.6 Å². The van der Waals surface area contributed by atoms with Crippen LogP contribution in [0.1, 0.15) is 23.2 Å². The summed E-state index contributed by atoms with van der Waals surface area (Å²) in [6, 6.07) is 9.72. The maximum atomic E-state index is 14.4. The highest BCUT2D eigenvalue weighted by Gasteiger charge is 2.52. The lowest BCUT2D eigenvalue weighted by atomic mass is 10.1. The van der Waals surface area contributed by atoms with Crippen molar-refractivity contribution in [1.29, 1.82) is 0 Å². The molecule has 2 fully saturated rings. The number of fused-ring (bicyclic) bond motifs is 2. The number of carbonyl (C=O) groups is 1. The molecule has 4 heterocycles. The van der Waals surface area contributed by atoms with Crippen LogP contribution in [0.3, 0.4) is 0 Å². The SMILES string of the molecule is COc1ccc(F)c(OC[C@H]2C[C@H]3C[C@H]3N2c2cc3c(cc2Cl)c(=O)c(C(=O)O)cn3-c2ccc(N(C)C)nc2)n1. The first-order valence-corrected chi connectivity index (χ1v) is 13.4. The molecule has 6 rings (SSSR count). The molecule has 12 heteroatoms. The Bertz CT molecular complexity index is 1730. The van der Waals surface area contributed by atoms with Gasteiger partial charge in [-0.25, -0.2) is 14.2 Å². The van der Waals surface area contributed by atoms with E-state index >= 15 is 0 Å². The number of rotatable bonds is 8. The van der Waals surface area contributed by atoms with Gasteiger partial charge < -0.3 is 28.9 Å². The Kier molecular flexibility index (Phi) is 6.69. The number of anilines is 2. The second-order valence-corrected chi connectivity index (χ2v) is 10.9. The number of carboxylic acids is 1. The highest BCUT2D eigenvalue weighted by Crippen LogP contribution is 2.51. The summed E-state index contributed by atoms with van der Waals surface area (Å²) in [5.74, 6) is -0.646. The fourth-order valence-electron chi connectivity index (χ4n) is 5.56. The van der Waals surface area contributed by atoms with E-state index in [0.717, 1.165) is 18.7 Å². The molecule has 3 aromatic heterocycles. The molecule has 0 spiro atoms. The first-order valence-electron chi connectivity index (χ1n) is 13.0. The minimum atomic E-state index is -1.33. The molecular weight excluding hydrogens is 553 g/mol. The quantitative estimate of drug-likeness (QED) is 0.325. The van der Waals surface area contributed by atoms with E-state index in [9.17, 15) is 19.1 Å². The summed E-state index contributed by atoms with van der Waals surface area (Å²) in [5, 5.41) is 10.3. The number of benzene rings is 1. The monoisotopic (exact) mass is 579 g/mol. The Balaban J connectivity index is 1.42. The smallest absolute Gasteiger partial charge is 0.341 e. The molecule has 2 aliphatic rings. The number of hydrogen-bond acceptors (Lipinski definition) is 8. The van der Waals surface area contributed by atoms with E-state index in [0.29, 0.717) is 27.8 Å². The van der Waals surface area contributed by atoms with Gasteiger partial charge in [-0.15, -0.1) is 0 Å². The molecule has 0 bridgehead atoms. The van der Waals surface area contributed by atoms with E-state index in [4.69, 9.17) is 21.1 Å². The average molecular weight is 580 g/mol. The van der Waals surface area contributed by atoms with Crippen LogP contribution in [0.2, 0.25) is 5.02 Å². The molecule has 0 amide bonds. The first kappa shape index (κ1) is 26.8. The van der Waals surface area contributed by atoms with Crippen LogP contribution in [0, 0.1) is 11.7 Å². The van der Waals surface area contributed by atoms with Crippen molar-refractivity contribution in [1.82, 2.24) is 14.5 Å². The highest BCUT2D eigenvalue weighted by atomic mass is 35.5. The molecular formula is C29H27ClFN5O5. The normalized spacial score (nSPS) is 19.2. The van der Waals surface area contributed by atoms with Gasteiger partial charge in [0.2, 0.25) is 11.3 Å². The number of pyridine rings is 3. The van der Waals surface area contributed by atoms with Gasteiger partial charge in [0.25, 0.3) is 5.88 Å². The molecule has 4 aromatic rings. The van der Waals surface area contributed by atoms with Crippen LogP contribution >= 0.6 is 11.6 Å². The number of carboxylic acid groups (broad SMARTS) is 1. The Morgan fingerprint density at radius 1 is 1.22 bits per heavy atom. The number of methoxy groups -OCH3 is 1. The third-order valence-corrected chi connectivity index (χ3v) is 7.97. The van der Waals surface area contributed by atoms with Crippen LogP contribution in [0.5, 0.6) is 11.8 Å². The first-order chi connectivity index (χ1) is 19.7. The highest BCUT2D eigenvalue weighted by molar-refractivity contribution is 6.34. The average Bonchev–Trinajstić information content (AvgIpc) is 3.63. The van der Waals surface area contributed by atoms with Crippen molar-refractivity contribution in [3.05, 3.63) is 75.4 Å². The largest absolute Gasteiger partial charge is 0.481 e. The van der Waals surface area contributed by atoms with Crippen LogP contribution in [0.15, 0.2) is 53.6 Å². The van der Waals surface area contributed by atoms with E-state index < -0.39 is 17.2 Å². The van der Waals surface area contributed by atoms with Gasteiger partial charge in [0, 0.05) is 37.8 Å². The van der Waals surface area contributed by atoms with Crippen molar-refractivity contribution in [3.8, 4) is 17.4 Å². The lowest BCUT2D eigenvalue weighted by Gasteiger charge is -2.31. The summed E-state index contributed by atoms with van der Waals surface area (Å²) in [5.41, 5.74) is 0.760. The number of aromatic nitrogens is 3. The Morgan fingerprint density at radius 3 is 2.71 bits per heavy atom. The maximum absolute atomic E-state index is 14.4. The predicted octanol–water partition coefficient (Wildman–Crippen LogP) is 4.39. The van der Waals surface area contributed by atoms with E-state index in [2.05, 4.69) is 14.9 Å². The van der Waals surface area contributed by atoms with E-state index in [-0.39, 0.29) is 41.4 Å². The van der Waals surface area contributed by atoms with Gasteiger partial charge in [-0.3, -0.25) is 4.79 Å². The van der Waals surface area contributed by atoms with Crippen LogP contribution in [0.4, 0.5) is 15.9 Å². The molecule has 1 aliphatic heterocycles. The van der Waals surface area contributed by atoms with Gasteiger partial charge in [0.1, 0.15) is 18.0 Å². The third-order valence-electron chi connectivity index (χ3n) is 7.67. The molecule has 1 aliphatic carbocycles. The number of nitrogens with zero attached hydrogens (tertiary/aromatic N) is 5. The second kappa shape index (κ2) is 10.2. The molecule has 0 radical (unpaired) electrons. The number of aromatic carboxylic acids is 1. The summed E-state index contributed by atoms with van der Waals surface area (Å²) >= 11 is 6.79. The third kappa shape index (κ3) is 4.80. The molecule has 41 heavy (non-hydrogen) atoms. The minimum Gasteiger partial charge on any atom is -0.481 e. The van der Waals surface area contributed by atoms with Crippen molar-refractivity contribution >= 4 is 40.0 Å². The zero-order valence-electron chi connectivity index (χ0n) is 22.5. The fraction of sp³-hybridized carbons (Fsp3) is 0.310. The zero-order chi connectivity index (χ0) is 29.0. The summed E-state index contributed by atoms with van der Waals surface area (Å²) < 4.78 is 26.9. The molecule has 1 saturated carbocycles. The lowest BCUT2D eigenvalue weighted by molar-refractivity contribution is 0.0695. The van der Waals surface area contributed by atoms with Gasteiger partial charge in [-0.1, -0.05) is 11.6 Å². The molecule has 1 N–H and O–H groups in total. The number of ether oxygens (including phenoxy) is 2. The van der Waals surface area contributed by atoms with Gasteiger partial charge >= 0.3 is 5.97 Å². The summed E-state index contributed by atoms with van der Waals surface area (Å²) in [6.45, 7) is 0.166. The summed E-state index contributed by atoms with van der Waals surface area (Å²) in [4.78, 5) is 37.7. The fourth-order valence-corrected chi connectivity index (χ4v) is 5.82. The molecule has 212 valence electrons. The van der Waals surface area contributed by atoms with Gasteiger partial charge in [0.15, 0.2) is 5.82 Å². The Morgan fingerprint density at radius 2 is 2.02 bits per heavy atom. The number of hydrogen-bond donors (Lipinski definition) is 1. The lowest BCUT2D eigenvalue weighted by Crippen LogP contribution is -2.37. The Labute approximate surface area is 239 Å². The minimum absolute atomic E-state index is 0.124. The van der Waals surface area contributed by atoms with Crippen molar-refractivity contribution in [2.24, 2.45) is 5.92 Å². The summed E-state index contributed by atoms with van der Waals surface area (Å²) in [6.07, 6.45) is 4.75. The number of piperidine rings is 1. The molecule has 1 aromatic carbocycles. The molecule has 3 atom stereocenters. The van der Waals surface area contributed by atoms with Crippen LogP contribution < -0.4 is 24.7 Å². The van der Waals surface area contributed by atoms with E-state index in [1.807, 2.05) is 37.2 Å². The van der Waals surface area contributed by atoms with Crippen LogP contribution in [-0.2, 0) is 0 Å². The van der Waals surface area contributed by atoms with Crippen LogP contribution in [-0.4, -0.2) is 65.5 Å². The van der Waals surface area contributed by atoms with Gasteiger partial charge in [0.05, 0.1) is 41.3 Å². The second-order valence-electron chi connectivity index (χ2n) is 10.4. The predicted molar refractivity (Wildman–Crippen MR) is 153 cm³/mol. The van der Waals surface area contributed by atoms with E-state index in [1.165, 1.54) is 31.5 Å². The van der Waals surface area contributed by atoms with Gasteiger partial charge in [-0.2, -0.15) is 4.98 Å². The van der Waals surface area contributed by atoms with E-state index in [1.54, 1.807) is 10.8 Å². The maximum Gasteiger partial charge on any atom is 0.341 e. The molecule has 0 unspecified atom stereocenters. The summed E-state index contributed by atoms with van der Waals surface area (Å²) in [7, 11) is 5.19. The van der Waals surface area contributed by atoms with Crippen molar-refractivity contribution in [3.63, 3.8) is 0 Å². The zero-order valence-corrected chi connectivity index (χ0v) is 23.3. The molecule has 1 saturated heterocycles. The molecule has 10 nitrogen and oxygen atoms in total. The van der Waals surface area contributed by atoms with Crippen molar-refractivity contribution in [2.45, 2.75) is 24.9 Å².